The third-order valence-corrected chi connectivity index (χ3v) is 4.39. The zero-order valence-corrected chi connectivity index (χ0v) is 12.3. The number of carbonyl (C=O) groups excluding carboxylic acids is 1. The fourth-order valence-corrected chi connectivity index (χ4v) is 2.76. The Balaban J connectivity index is 1.98. The molecule has 1 saturated carbocycles. The molecule has 0 aromatic heterocycles. The lowest BCUT2D eigenvalue weighted by molar-refractivity contribution is -0.125. The molecule has 0 radical (unpaired) electrons. The predicted octanol–water partition coefficient (Wildman–Crippen LogP) is 3.30. The van der Waals surface area contributed by atoms with Gasteiger partial charge < -0.3 is 11.1 Å². The number of amides is 1. The number of nitrogens with two attached hydrogens (primary N) is 1. The molecular weight excluding hydrogens is 283 g/mol. The first-order valence-corrected chi connectivity index (χ1v) is 7.24. The van der Waals surface area contributed by atoms with E-state index in [0.717, 1.165) is 24.8 Å². The number of carbonyl (C=O) groups is 1. The molecule has 1 aromatic carbocycles. The Morgan fingerprint density at radius 2 is 2.11 bits per heavy atom. The third kappa shape index (κ3) is 3.62. The molecule has 0 bridgehead atoms. The van der Waals surface area contributed by atoms with Crippen LogP contribution in [0.3, 0.4) is 0 Å². The molecule has 1 fully saturated rings. The fourth-order valence-electron chi connectivity index (χ4n) is 2.45. The lowest BCUT2D eigenvalue weighted by Crippen LogP contribution is -2.32. The van der Waals surface area contributed by atoms with E-state index in [1.54, 1.807) is 12.1 Å². The molecule has 3 nitrogen and oxygen atoms in total. The summed E-state index contributed by atoms with van der Waals surface area (Å²) in [5, 5.41) is 4.03. The van der Waals surface area contributed by atoms with Crippen LogP contribution in [0.5, 0.6) is 0 Å². The summed E-state index contributed by atoms with van der Waals surface area (Å²) in [5.74, 6) is 0.117. The summed E-state index contributed by atoms with van der Waals surface area (Å²) in [6, 6.07) is 5.48. The van der Waals surface area contributed by atoms with Crippen LogP contribution < -0.4 is 11.1 Å². The highest BCUT2D eigenvalue weighted by Gasteiger charge is 2.28. The van der Waals surface area contributed by atoms with Gasteiger partial charge in [-0.1, -0.05) is 29.3 Å². The first-order chi connectivity index (χ1) is 8.97. The van der Waals surface area contributed by atoms with Crippen LogP contribution in [-0.2, 0) is 4.79 Å². The minimum Gasteiger partial charge on any atom is -0.349 e. The molecule has 0 heterocycles. The van der Waals surface area contributed by atoms with Crippen LogP contribution in [0.1, 0.15) is 37.8 Å². The summed E-state index contributed by atoms with van der Waals surface area (Å²) in [7, 11) is 0. The van der Waals surface area contributed by atoms with Crippen molar-refractivity contribution in [1.82, 2.24) is 5.32 Å². The molecule has 1 aromatic rings. The van der Waals surface area contributed by atoms with E-state index in [4.69, 9.17) is 28.9 Å². The predicted molar refractivity (Wildman–Crippen MR) is 78.3 cm³/mol. The lowest BCUT2D eigenvalue weighted by atomic mass is 10.0. The van der Waals surface area contributed by atoms with E-state index in [2.05, 4.69) is 5.32 Å². The molecule has 2 rings (SSSR count). The highest BCUT2D eigenvalue weighted by molar-refractivity contribution is 6.42. The molecule has 19 heavy (non-hydrogen) atoms. The minimum atomic E-state index is -0.0842. The Labute approximate surface area is 123 Å². The fraction of sp³-hybridized carbons (Fsp3) is 0.500. The molecular formula is C14H18Cl2N2O. The van der Waals surface area contributed by atoms with Crippen molar-refractivity contribution >= 4 is 29.1 Å². The lowest BCUT2D eigenvalue weighted by Gasteiger charge is -2.18. The maximum absolute atomic E-state index is 12.1. The second-order valence-electron chi connectivity index (χ2n) is 5.17. The molecule has 1 aliphatic rings. The van der Waals surface area contributed by atoms with Gasteiger partial charge in [0.25, 0.3) is 0 Å². The van der Waals surface area contributed by atoms with Gasteiger partial charge in [-0.2, -0.15) is 0 Å². The largest absolute Gasteiger partial charge is 0.349 e. The average molecular weight is 301 g/mol. The van der Waals surface area contributed by atoms with Crippen LogP contribution in [0.25, 0.3) is 0 Å². The summed E-state index contributed by atoms with van der Waals surface area (Å²) in [5.41, 5.74) is 6.78. The topological polar surface area (TPSA) is 55.1 Å². The van der Waals surface area contributed by atoms with Crippen LogP contribution in [0.15, 0.2) is 18.2 Å². The van der Waals surface area contributed by atoms with E-state index < -0.39 is 0 Å². The van der Waals surface area contributed by atoms with Crippen molar-refractivity contribution < 1.29 is 4.79 Å². The second kappa shape index (κ2) is 6.12. The highest BCUT2D eigenvalue weighted by Crippen LogP contribution is 2.27. The Morgan fingerprint density at radius 1 is 1.37 bits per heavy atom. The van der Waals surface area contributed by atoms with Gasteiger partial charge in [0.15, 0.2) is 0 Å². The monoisotopic (exact) mass is 300 g/mol. The summed E-state index contributed by atoms with van der Waals surface area (Å²) in [4.78, 5) is 12.1. The maximum Gasteiger partial charge on any atom is 0.223 e. The molecule has 1 aliphatic carbocycles. The van der Waals surface area contributed by atoms with Crippen molar-refractivity contribution in [3.05, 3.63) is 33.8 Å². The van der Waals surface area contributed by atoms with E-state index in [1.165, 1.54) is 0 Å². The van der Waals surface area contributed by atoms with Crippen molar-refractivity contribution in [3.63, 3.8) is 0 Å². The van der Waals surface area contributed by atoms with Gasteiger partial charge >= 0.3 is 0 Å². The van der Waals surface area contributed by atoms with Crippen LogP contribution in [0.2, 0.25) is 10.0 Å². The number of hydrogen-bond acceptors (Lipinski definition) is 2. The van der Waals surface area contributed by atoms with Gasteiger partial charge in [-0.05, 0) is 43.9 Å². The van der Waals surface area contributed by atoms with Gasteiger partial charge in [0.2, 0.25) is 5.91 Å². The molecule has 3 atom stereocenters. The summed E-state index contributed by atoms with van der Waals surface area (Å²) in [6.07, 6.45) is 2.58. The van der Waals surface area contributed by atoms with E-state index in [9.17, 15) is 4.79 Å². The number of nitrogens with one attached hydrogen (secondary N) is 1. The van der Waals surface area contributed by atoms with Crippen LogP contribution in [-0.4, -0.2) is 11.9 Å². The van der Waals surface area contributed by atoms with Crippen molar-refractivity contribution in [2.75, 3.05) is 0 Å². The Kier molecular flexibility index (Phi) is 4.71. The average Bonchev–Trinajstić information content (AvgIpc) is 2.79. The molecule has 0 saturated heterocycles. The zero-order valence-electron chi connectivity index (χ0n) is 10.8. The van der Waals surface area contributed by atoms with Crippen molar-refractivity contribution in [2.24, 2.45) is 11.7 Å². The highest BCUT2D eigenvalue weighted by atomic mass is 35.5. The summed E-state index contributed by atoms with van der Waals surface area (Å²) >= 11 is 11.9. The van der Waals surface area contributed by atoms with Crippen LogP contribution in [0.4, 0.5) is 0 Å². The van der Waals surface area contributed by atoms with Crippen molar-refractivity contribution in [2.45, 2.75) is 38.3 Å². The quantitative estimate of drug-likeness (QED) is 0.900. The van der Waals surface area contributed by atoms with E-state index in [0.29, 0.717) is 10.0 Å². The van der Waals surface area contributed by atoms with Crippen molar-refractivity contribution in [3.8, 4) is 0 Å². The maximum atomic E-state index is 12.1. The molecule has 3 unspecified atom stereocenters. The first kappa shape index (κ1) is 14.6. The second-order valence-corrected chi connectivity index (χ2v) is 5.99. The number of benzene rings is 1. The van der Waals surface area contributed by atoms with E-state index in [-0.39, 0.29) is 23.9 Å². The molecule has 5 heteroatoms. The summed E-state index contributed by atoms with van der Waals surface area (Å²) < 4.78 is 0. The third-order valence-electron chi connectivity index (χ3n) is 3.65. The summed E-state index contributed by atoms with van der Waals surface area (Å²) in [6.45, 7) is 1.94. The van der Waals surface area contributed by atoms with Gasteiger partial charge in [0, 0.05) is 12.0 Å². The van der Waals surface area contributed by atoms with Crippen LogP contribution in [0, 0.1) is 5.92 Å². The standard InChI is InChI=1S/C14H18Cl2N2O/c1-8(9-3-5-12(15)13(16)7-9)18-14(19)10-2-4-11(17)6-10/h3,5,7-8,10-11H,2,4,6,17H2,1H3,(H,18,19). The molecule has 1 amide bonds. The van der Waals surface area contributed by atoms with E-state index >= 15 is 0 Å². The SMILES string of the molecule is CC(NC(=O)C1CCC(N)C1)c1ccc(Cl)c(Cl)c1. The zero-order chi connectivity index (χ0) is 14.0. The number of rotatable bonds is 3. The Hall–Kier alpha value is -0.770. The van der Waals surface area contributed by atoms with Crippen LogP contribution >= 0.6 is 23.2 Å². The molecule has 0 spiro atoms. The minimum absolute atomic E-state index is 0.0419. The van der Waals surface area contributed by atoms with Gasteiger partial charge in [0.05, 0.1) is 16.1 Å². The van der Waals surface area contributed by atoms with Gasteiger partial charge in [0.1, 0.15) is 0 Å². The Bertz CT molecular complexity index is 479. The molecule has 3 N–H and O–H groups in total. The molecule has 0 aliphatic heterocycles. The van der Waals surface area contributed by atoms with Gasteiger partial charge in [-0.3, -0.25) is 4.79 Å². The first-order valence-electron chi connectivity index (χ1n) is 6.48. The molecule has 104 valence electrons. The Morgan fingerprint density at radius 3 is 2.68 bits per heavy atom. The number of hydrogen-bond donors (Lipinski definition) is 2. The van der Waals surface area contributed by atoms with E-state index in [1.807, 2.05) is 13.0 Å². The van der Waals surface area contributed by atoms with Crippen molar-refractivity contribution in [1.29, 1.82) is 0 Å². The number of halogens is 2. The van der Waals surface area contributed by atoms with Gasteiger partial charge in [-0.15, -0.1) is 0 Å². The smallest absolute Gasteiger partial charge is 0.223 e. The normalized spacial score (nSPS) is 24.2. The van der Waals surface area contributed by atoms with Gasteiger partial charge in [-0.25, -0.2) is 0 Å².